The summed E-state index contributed by atoms with van der Waals surface area (Å²) in [4.78, 5) is 32.3. The fourth-order valence-corrected chi connectivity index (χ4v) is 3.40. The SMILES string of the molecule is Cc1nc([C@H]2CCCN2C(=O)c2ccc(N3CCNC3=O)cc2)no1. The Balaban J connectivity index is 1.53. The van der Waals surface area contributed by atoms with Gasteiger partial charge in [-0.2, -0.15) is 4.98 Å². The van der Waals surface area contributed by atoms with Crippen LogP contribution < -0.4 is 10.2 Å². The predicted molar refractivity (Wildman–Crippen MR) is 89.2 cm³/mol. The first kappa shape index (κ1) is 15.6. The van der Waals surface area contributed by atoms with Crippen LogP contribution in [0, 0.1) is 6.92 Å². The zero-order valence-corrected chi connectivity index (χ0v) is 13.9. The summed E-state index contributed by atoms with van der Waals surface area (Å²) in [5.41, 5.74) is 1.38. The Morgan fingerprint density at radius 1 is 1.28 bits per heavy atom. The third-order valence-corrected chi connectivity index (χ3v) is 4.64. The zero-order chi connectivity index (χ0) is 17.4. The molecule has 2 saturated heterocycles. The van der Waals surface area contributed by atoms with Crippen LogP contribution >= 0.6 is 0 Å². The molecule has 8 heteroatoms. The average Bonchev–Trinajstić information content (AvgIpc) is 3.34. The third kappa shape index (κ3) is 2.84. The molecular formula is C17H19N5O3. The minimum Gasteiger partial charge on any atom is -0.340 e. The molecule has 2 fully saturated rings. The number of hydrogen-bond donors (Lipinski definition) is 1. The molecule has 2 aliphatic heterocycles. The predicted octanol–water partition coefficient (Wildman–Crippen LogP) is 1.88. The van der Waals surface area contributed by atoms with Crippen LogP contribution in [0.1, 0.15) is 41.0 Å². The summed E-state index contributed by atoms with van der Waals surface area (Å²) in [6.45, 7) is 3.69. The summed E-state index contributed by atoms with van der Waals surface area (Å²) in [5.74, 6) is 1.01. The Labute approximate surface area is 144 Å². The molecule has 130 valence electrons. The first-order valence-corrected chi connectivity index (χ1v) is 8.40. The molecule has 2 aromatic rings. The van der Waals surface area contributed by atoms with E-state index in [0.717, 1.165) is 18.5 Å². The molecule has 1 atom stereocenters. The lowest BCUT2D eigenvalue weighted by molar-refractivity contribution is 0.0728. The highest BCUT2D eigenvalue weighted by Gasteiger charge is 2.33. The maximum absolute atomic E-state index is 12.9. The topological polar surface area (TPSA) is 91.6 Å². The number of nitrogens with one attached hydrogen (secondary N) is 1. The molecule has 0 radical (unpaired) electrons. The van der Waals surface area contributed by atoms with Crippen molar-refractivity contribution in [1.29, 1.82) is 0 Å². The molecule has 1 aromatic carbocycles. The number of aryl methyl sites for hydroxylation is 1. The molecule has 0 unspecified atom stereocenters. The van der Waals surface area contributed by atoms with Crippen LogP contribution in [0.3, 0.4) is 0 Å². The zero-order valence-electron chi connectivity index (χ0n) is 13.9. The Kier molecular flexibility index (Phi) is 3.87. The minimum atomic E-state index is -0.144. The number of likely N-dealkylation sites (tertiary alicyclic amines) is 1. The van der Waals surface area contributed by atoms with E-state index in [1.165, 1.54) is 0 Å². The molecule has 3 amide bonds. The van der Waals surface area contributed by atoms with Crippen molar-refractivity contribution in [2.75, 3.05) is 24.5 Å². The number of amides is 3. The van der Waals surface area contributed by atoms with Crippen molar-refractivity contribution in [3.8, 4) is 0 Å². The van der Waals surface area contributed by atoms with E-state index < -0.39 is 0 Å². The lowest BCUT2D eigenvalue weighted by atomic mass is 10.1. The largest absolute Gasteiger partial charge is 0.340 e. The van der Waals surface area contributed by atoms with Crippen LogP contribution in [0.5, 0.6) is 0 Å². The molecule has 1 aromatic heterocycles. The number of urea groups is 1. The Morgan fingerprint density at radius 2 is 2.08 bits per heavy atom. The quantitative estimate of drug-likeness (QED) is 0.920. The van der Waals surface area contributed by atoms with Gasteiger partial charge in [-0.05, 0) is 37.1 Å². The van der Waals surface area contributed by atoms with Gasteiger partial charge in [0.25, 0.3) is 5.91 Å². The van der Waals surface area contributed by atoms with Gasteiger partial charge in [-0.25, -0.2) is 4.79 Å². The van der Waals surface area contributed by atoms with Gasteiger partial charge in [0.1, 0.15) is 0 Å². The standard InChI is InChI=1S/C17H19N5O3/c1-11-19-15(20-25-11)14-3-2-9-22(14)16(23)12-4-6-13(7-5-12)21-10-8-18-17(21)24/h4-7,14H,2-3,8-10H2,1H3,(H,18,24)/t14-/m1/s1. The maximum atomic E-state index is 12.9. The van der Waals surface area contributed by atoms with Crippen molar-refractivity contribution in [3.05, 3.63) is 41.5 Å². The number of benzene rings is 1. The summed E-state index contributed by atoms with van der Waals surface area (Å²) < 4.78 is 5.05. The van der Waals surface area contributed by atoms with Crippen LogP contribution in [-0.2, 0) is 0 Å². The molecule has 2 aliphatic rings. The van der Waals surface area contributed by atoms with Gasteiger partial charge in [-0.1, -0.05) is 5.16 Å². The monoisotopic (exact) mass is 341 g/mol. The minimum absolute atomic E-state index is 0.0534. The molecular weight excluding hydrogens is 322 g/mol. The Morgan fingerprint density at radius 3 is 2.72 bits per heavy atom. The lowest BCUT2D eigenvalue weighted by Crippen LogP contribution is -2.31. The normalized spacial score (nSPS) is 20.2. The van der Waals surface area contributed by atoms with Crippen LogP contribution in [0.4, 0.5) is 10.5 Å². The van der Waals surface area contributed by atoms with E-state index in [2.05, 4.69) is 15.5 Å². The highest BCUT2D eigenvalue weighted by molar-refractivity contribution is 5.97. The second-order valence-corrected chi connectivity index (χ2v) is 6.26. The molecule has 0 spiro atoms. The van der Waals surface area contributed by atoms with Gasteiger partial charge in [-0.3, -0.25) is 9.69 Å². The molecule has 3 heterocycles. The van der Waals surface area contributed by atoms with Gasteiger partial charge >= 0.3 is 6.03 Å². The molecule has 0 saturated carbocycles. The van der Waals surface area contributed by atoms with Crippen LogP contribution in [0.2, 0.25) is 0 Å². The second kappa shape index (κ2) is 6.19. The van der Waals surface area contributed by atoms with Crippen LogP contribution in [-0.4, -0.2) is 46.6 Å². The summed E-state index contributed by atoms with van der Waals surface area (Å²) in [7, 11) is 0. The first-order valence-electron chi connectivity index (χ1n) is 8.40. The van der Waals surface area contributed by atoms with Crippen molar-refractivity contribution in [1.82, 2.24) is 20.4 Å². The number of aromatic nitrogens is 2. The Bertz CT molecular complexity index is 801. The first-order chi connectivity index (χ1) is 12.1. The van der Waals surface area contributed by atoms with E-state index in [4.69, 9.17) is 4.52 Å². The third-order valence-electron chi connectivity index (χ3n) is 4.64. The van der Waals surface area contributed by atoms with Crippen molar-refractivity contribution in [2.24, 2.45) is 0 Å². The smallest absolute Gasteiger partial charge is 0.321 e. The molecule has 1 N–H and O–H groups in total. The van der Waals surface area contributed by atoms with E-state index in [1.54, 1.807) is 28.9 Å². The van der Waals surface area contributed by atoms with Gasteiger partial charge in [0.2, 0.25) is 5.89 Å². The number of anilines is 1. The molecule has 8 nitrogen and oxygen atoms in total. The van der Waals surface area contributed by atoms with E-state index >= 15 is 0 Å². The number of nitrogens with zero attached hydrogens (tertiary/aromatic N) is 4. The van der Waals surface area contributed by atoms with E-state index in [9.17, 15) is 9.59 Å². The van der Waals surface area contributed by atoms with Crippen molar-refractivity contribution in [3.63, 3.8) is 0 Å². The van der Waals surface area contributed by atoms with Crippen LogP contribution in [0.25, 0.3) is 0 Å². The maximum Gasteiger partial charge on any atom is 0.321 e. The molecule has 25 heavy (non-hydrogen) atoms. The number of carbonyl (C=O) groups excluding carboxylic acids is 2. The molecule has 0 bridgehead atoms. The molecule has 0 aliphatic carbocycles. The van der Waals surface area contributed by atoms with Gasteiger partial charge in [0, 0.05) is 37.8 Å². The van der Waals surface area contributed by atoms with Gasteiger partial charge < -0.3 is 14.7 Å². The lowest BCUT2D eigenvalue weighted by Gasteiger charge is -2.22. The van der Waals surface area contributed by atoms with E-state index in [1.807, 2.05) is 12.1 Å². The highest BCUT2D eigenvalue weighted by atomic mass is 16.5. The number of rotatable bonds is 3. The average molecular weight is 341 g/mol. The van der Waals surface area contributed by atoms with Crippen molar-refractivity contribution >= 4 is 17.6 Å². The van der Waals surface area contributed by atoms with Gasteiger partial charge in [0.05, 0.1) is 6.04 Å². The van der Waals surface area contributed by atoms with Gasteiger partial charge in [-0.15, -0.1) is 0 Å². The number of carbonyl (C=O) groups is 2. The summed E-state index contributed by atoms with van der Waals surface area (Å²) in [6.07, 6.45) is 1.74. The number of hydrogen-bond acceptors (Lipinski definition) is 5. The summed E-state index contributed by atoms with van der Waals surface area (Å²) in [6, 6.07) is 6.89. The fourth-order valence-electron chi connectivity index (χ4n) is 3.40. The van der Waals surface area contributed by atoms with Crippen LogP contribution in [0.15, 0.2) is 28.8 Å². The summed E-state index contributed by atoms with van der Waals surface area (Å²) >= 11 is 0. The van der Waals surface area contributed by atoms with E-state index in [0.29, 0.717) is 36.9 Å². The highest BCUT2D eigenvalue weighted by Crippen LogP contribution is 2.31. The fraction of sp³-hybridized carbons (Fsp3) is 0.412. The summed E-state index contributed by atoms with van der Waals surface area (Å²) in [5, 5.41) is 6.73. The molecule has 4 rings (SSSR count). The van der Waals surface area contributed by atoms with Crippen molar-refractivity contribution < 1.29 is 14.1 Å². The van der Waals surface area contributed by atoms with Crippen molar-refractivity contribution in [2.45, 2.75) is 25.8 Å². The van der Waals surface area contributed by atoms with E-state index in [-0.39, 0.29) is 18.0 Å². The Hall–Kier alpha value is -2.90. The second-order valence-electron chi connectivity index (χ2n) is 6.26. The van der Waals surface area contributed by atoms with Gasteiger partial charge in [0.15, 0.2) is 5.82 Å².